The average Bonchev–Trinajstić information content (AvgIpc) is 2.92. The molecule has 0 saturated heterocycles. The minimum Gasteiger partial charge on any atom is -0.0827 e. The summed E-state index contributed by atoms with van der Waals surface area (Å²) in [5.74, 6) is 2.80. The highest BCUT2D eigenvalue weighted by Crippen LogP contribution is 2.78. The summed E-state index contributed by atoms with van der Waals surface area (Å²) in [6, 6.07) is 13.1. The normalized spacial score (nSPS) is 33.0. The van der Waals surface area contributed by atoms with Gasteiger partial charge in [-0.05, 0) is 52.1 Å². The predicted octanol–water partition coefficient (Wildman–Crippen LogP) is 4.95. The molecule has 88 valence electrons. The lowest BCUT2D eigenvalue weighted by Gasteiger charge is -2.12. The third-order valence-corrected chi connectivity index (χ3v) is 5.69. The monoisotopic (exact) mass is 272 g/mol. The Hall–Kier alpha value is -0.980. The first-order chi connectivity index (χ1) is 8.77. The van der Waals surface area contributed by atoms with Gasteiger partial charge in [-0.25, -0.2) is 0 Å². The first kappa shape index (κ1) is 9.89. The quantitative estimate of drug-likeness (QED) is 0.637. The summed E-state index contributed by atoms with van der Waals surface area (Å²) in [6.45, 7) is 0. The lowest BCUT2D eigenvalue weighted by molar-refractivity contribution is 0.750. The molecule has 18 heavy (non-hydrogen) atoms. The lowest BCUT2D eigenvalue weighted by Crippen LogP contribution is -1.97. The molecular formula is C16H10Cl2. The lowest BCUT2D eigenvalue weighted by atomic mass is 9.93. The molecule has 5 rings (SSSR count). The van der Waals surface area contributed by atoms with Crippen LogP contribution in [0.5, 0.6) is 0 Å². The molecule has 0 aliphatic heterocycles. The zero-order valence-electron chi connectivity index (χ0n) is 9.53. The number of benzene rings is 2. The van der Waals surface area contributed by atoms with Gasteiger partial charge in [0.25, 0.3) is 0 Å². The molecule has 4 atom stereocenters. The maximum Gasteiger partial charge on any atom is 0.0595 e. The van der Waals surface area contributed by atoms with E-state index in [1.165, 1.54) is 16.7 Å². The Labute approximate surface area is 116 Å². The molecule has 0 spiro atoms. The summed E-state index contributed by atoms with van der Waals surface area (Å²) in [7, 11) is 0. The van der Waals surface area contributed by atoms with Crippen LogP contribution in [0.4, 0.5) is 0 Å². The van der Waals surface area contributed by atoms with Crippen molar-refractivity contribution in [2.75, 3.05) is 0 Å². The maximum absolute atomic E-state index is 6.19. The Balaban J connectivity index is 1.81. The summed E-state index contributed by atoms with van der Waals surface area (Å²) < 4.78 is 0. The number of fused-ring (bicyclic) bond motifs is 7. The fraction of sp³-hybridized carbons (Fsp3) is 0.250. The van der Waals surface area contributed by atoms with Gasteiger partial charge in [-0.3, -0.25) is 0 Å². The van der Waals surface area contributed by atoms with Crippen LogP contribution in [-0.4, -0.2) is 0 Å². The van der Waals surface area contributed by atoms with E-state index < -0.39 is 0 Å². The second-order valence-electron chi connectivity index (χ2n) is 5.63. The molecule has 0 bridgehead atoms. The number of hydrogen-bond donors (Lipinski definition) is 0. The third kappa shape index (κ3) is 0.941. The Kier molecular flexibility index (Phi) is 1.62. The van der Waals surface area contributed by atoms with Crippen molar-refractivity contribution in [3.8, 4) is 0 Å². The van der Waals surface area contributed by atoms with E-state index in [-0.39, 0.29) is 0 Å². The largest absolute Gasteiger partial charge is 0.0827 e. The standard InChI is InChI=1S/C16H10Cl2/c17-11-5-9-10(6-12(11)18)15-14-8-4-2-1-3-7(8)13(9)16(14)15/h1-6,13-16H/t13-,14+,15-,16-/m1/s1. The van der Waals surface area contributed by atoms with E-state index in [1.807, 2.05) is 0 Å². The van der Waals surface area contributed by atoms with Gasteiger partial charge in [0.05, 0.1) is 10.0 Å². The van der Waals surface area contributed by atoms with E-state index in [2.05, 4.69) is 36.4 Å². The van der Waals surface area contributed by atoms with Crippen molar-refractivity contribution in [1.29, 1.82) is 0 Å². The van der Waals surface area contributed by atoms with Crippen LogP contribution >= 0.6 is 23.2 Å². The van der Waals surface area contributed by atoms with Crippen LogP contribution in [0.15, 0.2) is 36.4 Å². The van der Waals surface area contributed by atoms with Crippen LogP contribution in [0.1, 0.15) is 40.0 Å². The first-order valence-electron chi connectivity index (χ1n) is 6.35. The predicted molar refractivity (Wildman–Crippen MR) is 73.7 cm³/mol. The minimum atomic E-state index is 0.570. The molecule has 0 unspecified atom stereocenters. The first-order valence-corrected chi connectivity index (χ1v) is 7.10. The van der Waals surface area contributed by atoms with Crippen molar-refractivity contribution in [2.45, 2.75) is 17.8 Å². The third-order valence-electron chi connectivity index (χ3n) is 4.97. The summed E-state index contributed by atoms with van der Waals surface area (Å²) in [4.78, 5) is 0. The van der Waals surface area contributed by atoms with Crippen molar-refractivity contribution < 1.29 is 0 Å². The molecule has 2 aromatic carbocycles. The summed E-state index contributed by atoms with van der Waals surface area (Å²) in [6.07, 6.45) is 0. The van der Waals surface area contributed by atoms with E-state index in [0.717, 1.165) is 11.8 Å². The molecule has 3 aliphatic carbocycles. The highest BCUT2D eigenvalue weighted by Gasteiger charge is 2.66. The van der Waals surface area contributed by atoms with Gasteiger partial charge in [-0.15, -0.1) is 0 Å². The zero-order chi connectivity index (χ0) is 12.0. The molecule has 0 nitrogen and oxygen atoms in total. The fourth-order valence-electron chi connectivity index (χ4n) is 4.37. The number of hydrogen-bond acceptors (Lipinski definition) is 0. The summed E-state index contributed by atoms with van der Waals surface area (Å²) in [5, 5.41) is 1.39. The van der Waals surface area contributed by atoms with Crippen LogP contribution < -0.4 is 0 Å². The highest BCUT2D eigenvalue weighted by atomic mass is 35.5. The molecule has 0 amide bonds. The molecule has 0 aromatic heterocycles. The van der Waals surface area contributed by atoms with E-state index in [9.17, 15) is 0 Å². The Morgan fingerprint density at radius 3 is 2.11 bits per heavy atom. The van der Waals surface area contributed by atoms with Gasteiger partial charge < -0.3 is 0 Å². The van der Waals surface area contributed by atoms with Crippen molar-refractivity contribution >= 4 is 23.2 Å². The SMILES string of the molecule is Clc1cc2c(cc1Cl)[C@@H]1[C@@H]3c4ccccc4[C@H]2[C@@H]13. The maximum atomic E-state index is 6.19. The minimum absolute atomic E-state index is 0.570. The smallest absolute Gasteiger partial charge is 0.0595 e. The van der Waals surface area contributed by atoms with Crippen LogP contribution in [0.2, 0.25) is 10.0 Å². The summed E-state index contributed by atoms with van der Waals surface area (Å²) in [5.41, 5.74) is 5.93. The van der Waals surface area contributed by atoms with Crippen molar-refractivity contribution in [2.24, 2.45) is 5.92 Å². The molecule has 2 heteroatoms. The van der Waals surface area contributed by atoms with Crippen LogP contribution in [0.25, 0.3) is 0 Å². The number of halogens is 2. The van der Waals surface area contributed by atoms with Crippen LogP contribution in [0, 0.1) is 5.92 Å². The zero-order valence-corrected chi connectivity index (χ0v) is 11.0. The van der Waals surface area contributed by atoms with Gasteiger partial charge in [0, 0.05) is 5.92 Å². The molecule has 1 fully saturated rings. The van der Waals surface area contributed by atoms with E-state index in [1.54, 1.807) is 5.56 Å². The van der Waals surface area contributed by atoms with Gasteiger partial charge >= 0.3 is 0 Å². The van der Waals surface area contributed by atoms with Crippen molar-refractivity contribution in [3.05, 3.63) is 68.7 Å². The second-order valence-corrected chi connectivity index (χ2v) is 6.45. The van der Waals surface area contributed by atoms with E-state index in [0.29, 0.717) is 21.9 Å². The fourth-order valence-corrected chi connectivity index (χ4v) is 4.71. The van der Waals surface area contributed by atoms with Crippen LogP contribution in [0.3, 0.4) is 0 Å². The Bertz CT molecular complexity index is 704. The molecule has 2 aromatic rings. The average molecular weight is 273 g/mol. The topological polar surface area (TPSA) is 0 Å². The van der Waals surface area contributed by atoms with Gasteiger partial charge in [0.1, 0.15) is 0 Å². The van der Waals surface area contributed by atoms with E-state index in [4.69, 9.17) is 23.2 Å². The molecule has 0 radical (unpaired) electrons. The van der Waals surface area contributed by atoms with Crippen molar-refractivity contribution in [1.82, 2.24) is 0 Å². The highest BCUT2D eigenvalue weighted by molar-refractivity contribution is 6.42. The molecular weight excluding hydrogens is 263 g/mol. The summed E-state index contributed by atoms with van der Waals surface area (Å²) >= 11 is 12.4. The van der Waals surface area contributed by atoms with Gasteiger partial charge in [0.2, 0.25) is 0 Å². The Morgan fingerprint density at radius 2 is 1.33 bits per heavy atom. The van der Waals surface area contributed by atoms with Crippen LogP contribution in [-0.2, 0) is 0 Å². The molecule has 3 aliphatic rings. The van der Waals surface area contributed by atoms with Gasteiger partial charge in [-0.1, -0.05) is 47.5 Å². The molecule has 1 saturated carbocycles. The number of rotatable bonds is 0. The molecule has 0 N–H and O–H groups in total. The second kappa shape index (κ2) is 2.95. The molecule has 0 heterocycles. The van der Waals surface area contributed by atoms with Gasteiger partial charge in [0.15, 0.2) is 0 Å². The van der Waals surface area contributed by atoms with Gasteiger partial charge in [-0.2, -0.15) is 0 Å². The Morgan fingerprint density at radius 1 is 0.722 bits per heavy atom. The van der Waals surface area contributed by atoms with Crippen molar-refractivity contribution in [3.63, 3.8) is 0 Å². The van der Waals surface area contributed by atoms with E-state index >= 15 is 0 Å².